The van der Waals surface area contributed by atoms with Gasteiger partial charge in [0, 0.05) is 19.1 Å². The molecule has 0 spiro atoms. The van der Waals surface area contributed by atoms with Crippen LogP contribution in [0.5, 0.6) is 0 Å². The smallest absolute Gasteiger partial charge is 0.0234 e. The van der Waals surface area contributed by atoms with E-state index in [1.165, 1.54) is 5.56 Å². The summed E-state index contributed by atoms with van der Waals surface area (Å²) >= 11 is 0. The summed E-state index contributed by atoms with van der Waals surface area (Å²) in [4.78, 5) is 2.40. The number of rotatable bonds is 6. The third-order valence-electron chi connectivity index (χ3n) is 3.02. The van der Waals surface area contributed by atoms with Gasteiger partial charge in [0.05, 0.1) is 0 Å². The van der Waals surface area contributed by atoms with Crippen molar-refractivity contribution in [2.24, 2.45) is 11.7 Å². The first kappa shape index (κ1) is 13.2. The fraction of sp³-hybridized carbons (Fsp3) is 0.571. The fourth-order valence-corrected chi connectivity index (χ4v) is 1.66. The van der Waals surface area contributed by atoms with Crippen LogP contribution < -0.4 is 5.73 Å². The maximum absolute atomic E-state index is 6.10. The monoisotopic (exact) mass is 220 g/mol. The van der Waals surface area contributed by atoms with Gasteiger partial charge in [0.15, 0.2) is 0 Å². The number of nitrogens with zero attached hydrogens (tertiary/aromatic N) is 1. The van der Waals surface area contributed by atoms with Crippen molar-refractivity contribution in [3.05, 3.63) is 35.9 Å². The van der Waals surface area contributed by atoms with Crippen LogP contribution in [-0.2, 0) is 6.54 Å². The largest absolute Gasteiger partial charge is 0.326 e. The van der Waals surface area contributed by atoms with Gasteiger partial charge in [0.25, 0.3) is 0 Å². The molecule has 2 nitrogen and oxygen atoms in total. The second-order valence-corrected chi connectivity index (χ2v) is 4.72. The highest BCUT2D eigenvalue weighted by atomic mass is 15.1. The Kier molecular flexibility index (Phi) is 5.50. The quantitative estimate of drug-likeness (QED) is 0.798. The Morgan fingerprint density at radius 1 is 1.19 bits per heavy atom. The first-order valence-electron chi connectivity index (χ1n) is 6.15. The van der Waals surface area contributed by atoms with Crippen LogP contribution in [0.25, 0.3) is 0 Å². The van der Waals surface area contributed by atoms with E-state index in [1.807, 2.05) is 0 Å². The third kappa shape index (κ3) is 4.33. The van der Waals surface area contributed by atoms with E-state index in [9.17, 15) is 0 Å². The molecule has 90 valence electrons. The topological polar surface area (TPSA) is 29.3 Å². The summed E-state index contributed by atoms with van der Waals surface area (Å²) in [5.41, 5.74) is 7.47. The van der Waals surface area contributed by atoms with Crippen LogP contribution in [0.2, 0.25) is 0 Å². The lowest BCUT2D eigenvalue weighted by Crippen LogP contribution is -2.40. The molecule has 0 saturated carbocycles. The van der Waals surface area contributed by atoms with Crippen molar-refractivity contribution in [1.82, 2.24) is 4.90 Å². The Morgan fingerprint density at radius 3 is 2.31 bits per heavy atom. The minimum atomic E-state index is 0.267. The Bertz CT molecular complexity index is 282. The molecule has 0 fully saturated rings. The number of likely N-dealkylation sites (N-methyl/N-ethyl adjacent to an activating group) is 1. The second kappa shape index (κ2) is 6.66. The fourth-order valence-electron chi connectivity index (χ4n) is 1.66. The van der Waals surface area contributed by atoms with Gasteiger partial charge in [-0.05, 0) is 18.0 Å². The number of nitrogens with two attached hydrogens (primary N) is 1. The summed E-state index contributed by atoms with van der Waals surface area (Å²) < 4.78 is 0. The molecular weight excluding hydrogens is 196 g/mol. The molecule has 0 heterocycles. The molecule has 1 aromatic rings. The Morgan fingerprint density at radius 2 is 1.81 bits per heavy atom. The van der Waals surface area contributed by atoms with Crippen molar-refractivity contribution in [3.8, 4) is 0 Å². The van der Waals surface area contributed by atoms with E-state index in [0.717, 1.165) is 19.6 Å². The van der Waals surface area contributed by atoms with Crippen LogP contribution in [0.15, 0.2) is 30.3 Å². The predicted molar refractivity (Wildman–Crippen MR) is 70.2 cm³/mol. The Balaban J connectivity index is 2.49. The van der Waals surface area contributed by atoms with Crippen LogP contribution in [-0.4, -0.2) is 24.0 Å². The molecule has 1 rings (SSSR count). The van der Waals surface area contributed by atoms with Gasteiger partial charge >= 0.3 is 0 Å². The molecule has 0 bridgehead atoms. The molecule has 0 saturated heterocycles. The zero-order chi connectivity index (χ0) is 12.0. The zero-order valence-electron chi connectivity index (χ0n) is 10.7. The van der Waals surface area contributed by atoms with Crippen molar-refractivity contribution < 1.29 is 0 Å². The molecule has 1 aromatic carbocycles. The summed E-state index contributed by atoms with van der Waals surface area (Å²) in [5, 5.41) is 0. The molecule has 16 heavy (non-hydrogen) atoms. The van der Waals surface area contributed by atoms with Crippen LogP contribution in [0.1, 0.15) is 26.3 Å². The third-order valence-corrected chi connectivity index (χ3v) is 3.02. The van der Waals surface area contributed by atoms with Crippen molar-refractivity contribution in [2.45, 2.75) is 33.4 Å². The molecular formula is C14H24N2. The van der Waals surface area contributed by atoms with E-state index in [2.05, 4.69) is 56.0 Å². The first-order valence-corrected chi connectivity index (χ1v) is 6.15. The molecule has 2 N–H and O–H groups in total. The average Bonchev–Trinajstić information content (AvgIpc) is 2.29. The molecule has 0 amide bonds. The van der Waals surface area contributed by atoms with Crippen LogP contribution in [0, 0.1) is 5.92 Å². The lowest BCUT2D eigenvalue weighted by molar-refractivity contribution is 0.241. The predicted octanol–water partition coefficient (Wildman–Crippen LogP) is 2.49. The van der Waals surface area contributed by atoms with E-state index in [4.69, 9.17) is 5.73 Å². The zero-order valence-corrected chi connectivity index (χ0v) is 10.7. The maximum Gasteiger partial charge on any atom is 0.0234 e. The first-order chi connectivity index (χ1) is 7.63. The number of hydrogen-bond acceptors (Lipinski definition) is 2. The number of benzene rings is 1. The molecule has 0 aliphatic rings. The van der Waals surface area contributed by atoms with Gasteiger partial charge in [-0.2, -0.15) is 0 Å². The molecule has 0 unspecified atom stereocenters. The van der Waals surface area contributed by atoms with E-state index in [-0.39, 0.29) is 6.04 Å². The van der Waals surface area contributed by atoms with Crippen molar-refractivity contribution in [2.75, 3.05) is 13.1 Å². The van der Waals surface area contributed by atoms with Crippen LogP contribution in [0.4, 0.5) is 0 Å². The summed E-state index contributed by atoms with van der Waals surface area (Å²) in [7, 11) is 0. The van der Waals surface area contributed by atoms with Gasteiger partial charge in [-0.15, -0.1) is 0 Å². The molecule has 2 heteroatoms. The average molecular weight is 220 g/mol. The highest BCUT2D eigenvalue weighted by Gasteiger charge is 2.12. The minimum Gasteiger partial charge on any atom is -0.326 e. The number of hydrogen-bond donors (Lipinski definition) is 1. The van der Waals surface area contributed by atoms with Crippen LogP contribution >= 0.6 is 0 Å². The van der Waals surface area contributed by atoms with Crippen molar-refractivity contribution >= 4 is 0 Å². The van der Waals surface area contributed by atoms with Gasteiger partial charge in [0.1, 0.15) is 0 Å². The lowest BCUT2D eigenvalue weighted by atomic mass is 10.0. The highest BCUT2D eigenvalue weighted by molar-refractivity contribution is 5.14. The highest BCUT2D eigenvalue weighted by Crippen LogP contribution is 2.07. The molecule has 0 aromatic heterocycles. The van der Waals surface area contributed by atoms with E-state index < -0.39 is 0 Å². The summed E-state index contributed by atoms with van der Waals surface area (Å²) in [6.07, 6.45) is 0. The molecule has 1 atom stereocenters. The van der Waals surface area contributed by atoms with Crippen molar-refractivity contribution in [1.29, 1.82) is 0 Å². The SMILES string of the molecule is CCN(Cc1ccccc1)C[C@@H](N)C(C)C. The van der Waals surface area contributed by atoms with Gasteiger partial charge in [-0.3, -0.25) is 4.90 Å². The second-order valence-electron chi connectivity index (χ2n) is 4.72. The molecule has 0 aliphatic heterocycles. The normalized spacial score (nSPS) is 13.4. The summed E-state index contributed by atoms with van der Waals surface area (Å²) in [6, 6.07) is 10.8. The standard InChI is InChI=1S/C14H24N2/c1-4-16(11-14(15)12(2)3)10-13-8-6-5-7-9-13/h5-9,12,14H,4,10-11,15H2,1-3H3/t14-/m1/s1. The van der Waals surface area contributed by atoms with Crippen molar-refractivity contribution in [3.63, 3.8) is 0 Å². The maximum atomic E-state index is 6.10. The summed E-state index contributed by atoms with van der Waals surface area (Å²) in [6.45, 7) is 9.58. The van der Waals surface area contributed by atoms with Gasteiger partial charge in [0.2, 0.25) is 0 Å². The van der Waals surface area contributed by atoms with Crippen LogP contribution in [0.3, 0.4) is 0 Å². The lowest BCUT2D eigenvalue weighted by Gasteiger charge is -2.26. The van der Waals surface area contributed by atoms with Gasteiger partial charge in [-0.1, -0.05) is 51.1 Å². The molecule has 0 radical (unpaired) electrons. The van der Waals surface area contributed by atoms with Gasteiger partial charge in [-0.25, -0.2) is 0 Å². The van der Waals surface area contributed by atoms with E-state index in [1.54, 1.807) is 0 Å². The molecule has 0 aliphatic carbocycles. The van der Waals surface area contributed by atoms with Gasteiger partial charge < -0.3 is 5.73 Å². The minimum absolute atomic E-state index is 0.267. The van der Waals surface area contributed by atoms with E-state index >= 15 is 0 Å². The Hall–Kier alpha value is -0.860. The van der Waals surface area contributed by atoms with E-state index in [0.29, 0.717) is 5.92 Å². The Labute approximate surface area is 99.5 Å². The summed E-state index contributed by atoms with van der Waals surface area (Å²) in [5.74, 6) is 0.546.